The molecule has 0 unspecified atom stereocenters. The predicted molar refractivity (Wildman–Crippen MR) is 106 cm³/mol. The van der Waals surface area contributed by atoms with Crippen molar-refractivity contribution in [2.24, 2.45) is 0 Å². The molecule has 0 spiro atoms. The molecule has 1 aliphatic heterocycles. The van der Waals surface area contributed by atoms with Crippen LogP contribution in [0.1, 0.15) is 16.6 Å². The fourth-order valence-corrected chi connectivity index (χ4v) is 4.06. The van der Waals surface area contributed by atoms with Crippen LogP contribution in [-0.4, -0.2) is 63.3 Å². The lowest BCUT2D eigenvalue weighted by Crippen LogP contribution is -2.36. The summed E-state index contributed by atoms with van der Waals surface area (Å²) in [4.78, 5) is 28.8. The highest BCUT2D eigenvalue weighted by molar-refractivity contribution is 7.18. The summed E-state index contributed by atoms with van der Waals surface area (Å²) in [5, 5.41) is 1.03. The maximum atomic E-state index is 12.6. The molecule has 3 rings (SSSR count). The van der Waals surface area contributed by atoms with Crippen molar-refractivity contribution in [3.63, 3.8) is 0 Å². The van der Waals surface area contributed by atoms with Crippen LogP contribution < -0.4 is 4.90 Å². The first kappa shape index (κ1) is 19.4. The molecule has 1 aliphatic rings. The van der Waals surface area contributed by atoms with Crippen LogP contribution >= 0.6 is 11.3 Å². The van der Waals surface area contributed by atoms with E-state index < -0.39 is 12.1 Å². The van der Waals surface area contributed by atoms with E-state index in [1.54, 1.807) is 21.0 Å². The van der Waals surface area contributed by atoms with E-state index in [-0.39, 0.29) is 5.91 Å². The standard InChI is InChI=1S/C20H24N2O4S/c1-14(18(23)21(2)3)26-20(24)17-13-16(15-7-5-4-6-8-15)19(27-17)22-9-11-25-12-10-22/h4-8,13-14H,9-12H2,1-3H3/t14-/m0/s1. The molecule has 27 heavy (non-hydrogen) atoms. The zero-order valence-corrected chi connectivity index (χ0v) is 16.6. The number of rotatable bonds is 5. The van der Waals surface area contributed by atoms with Crippen LogP contribution in [-0.2, 0) is 14.3 Å². The quantitative estimate of drug-likeness (QED) is 0.737. The minimum Gasteiger partial charge on any atom is -0.448 e. The fraction of sp³-hybridized carbons (Fsp3) is 0.400. The highest BCUT2D eigenvalue weighted by Gasteiger charge is 2.25. The lowest BCUT2D eigenvalue weighted by atomic mass is 10.1. The number of esters is 1. The van der Waals surface area contributed by atoms with Gasteiger partial charge in [0.2, 0.25) is 0 Å². The Morgan fingerprint density at radius 3 is 2.48 bits per heavy atom. The third-order valence-corrected chi connectivity index (χ3v) is 5.54. The molecular weight excluding hydrogens is 364 g/mol. The smallest absolute Gasteiger partial charge is 0.349 e. The molecule has 1 aromatic carbocycles. The molecule has 1 amide bonds. The van der Waals surface area contributed by atoms with Gasteiger partial charge in [0.05, 0.1) is 18.2 Å². The van der Waals surface area contributed by atoms with Crippen molar-refractivity contribution in [3.05, 3.63) is 41.3 Å². The molecule has 1 aromatic heterocycles. The highest BCUT2D eigenvalue weighted by Crippen LogP contribution is 2.39. The molecular formula is C20H24N2O4S. The van der Waals surface area contributed by atoms with Gasteiger partial charge in [-0.15, -0.1) is 11.3 Å². The summed E-state index contributed by atoms with van der Waals surface area (Å²) in [6, 6.07) is 11.8. The Kier molecular flexibility index (Phi) is 6.13. The van der Waals surface area contributed by atoms with Crippen molar-refractivity contribution in [1.82, 2.24) is 4.90 Å². The minimum absolute atomic E-state index is 0.239. The number of hydrogen-bond acceptors (Lipinski definition) is 6. The average molecular weight is 388 g/mol. The van der Waals surface area contributed by atoms with Crippen LogP contribution in [0, 0.1) is 0 Å². The molecule has 0 bridgehead atoms. The van der Waals surface area contributed by atoms with Crippen LogP contribution in [0.2, 0.25) is 0 Å². The predicted octanol–water partition coefficient (Wildman–Crippen LogP) is 2.89. The van der Waals surface area contributed by atoms with Crippen molar-refractivity contribution in [3.8, 4) is 11.1 Å². The normalized spacial score (nSPS) is 15.3. The molecule has 1 saturated heterocycles. The fourth-order valence-electron chi connectivity index (χ4n) is 2.94. The van der Waals surface area contributed by atoms with E-state index in [0.29, 0.717) is 18.1 Å². The van der Waals surface area contributed by atoms with Gasteiger partial charge in [0.15, 0.2) is 6.10 Å². The van der Waals surface area contributed by atoms with E-state index in [4.69, 9.17) is 9.47 Å². The molecule has 0 saturated carbocycles. The number of thiophene rings is 1. The second-order valence-corrected chi connectivity index (χ2v) is 7.61. The second kappa shape index (κ2) is 8.54. The second-order valence-electron chi connectivity index (χ2n) is 6.58. The third-order valence-electron chi connectivity index (χ3n) is 4.37. The number of carbonyl (C=O) groups excluding carboxylic acids is 2. The van der Waals surface area contributed by atoms with E-state index in [1.807, 2.05) is 36.4 Å². The minimum atomic E-state index is -0.818. The van der Waals surface area contributed by atoms with Gasteiger partial charge < -0.3 is 19.3 Å². The molecule has 0 N–H and O–H groups in total. The van der Waals surface area contributed by atoms with Crippen LogP contribution in [0.3, 0.4) is 0 Å². The lowest BCUT2D eigenvalue weighted by molar-refractivity contribution is -0.137. The Hall–Kier alpha value is -2.38. The highest BCUT2D eigenvalue weighted by atomic mass is 32.1. The van der Waals surface area contributed by atoms with Gasteiger partial charge in [-0.3, -0.25) is 4.79 Å². The molecule has 0 radical (unpaired) electrons. The Bertz CT molecular complexity index is 798. The first-order valence-electron chi connectivity index (χ1n) is 8.91. The number of nitrogens with zero attached hydrogens (tertiary/aromatic N) is 2. The molecule has 2 heterocycles. The molecule has 2 aromatic rings. The van der Waals surface area contributed by atoms with Crippen LogP contribution in [0.4, 0.5) is 5.00 Å². The monoisotopic (exact) mass is 388 g/mol. The Labute approximate surface area is 163 Å². The number of carbonyl (C=O) groups is 2. The van der Waals surface area contributed by atoms with Crippen molar-refractivity contribution in [1.29, 1.82) is 0 Å². The van der Waals surface area contributed by atoms with Crippen LogP contribution in [0.15, 0.2) is 36.4 Å². The first-order chi connectivity index (χ1) is 13.0. The van der Waals surface area contributed by atoms with Crippen LogP contribution in [0.5, 0.6) is 0 Å². The van der Waals surface area contributed by atoms with E-state index >= 15 is 0 Å². The van der Waals surface area contributed by atoms with Gasteiger partial charge in [-0.05, 0) is 18.6 Å². The molecule has 1 atom stereocenters. The van der Waals surface area contributed by atoms with Crippen molar-refractivity contribution >= 4 is 28.2 Å². The summed E-state index contributed by atoms with van der Waals surface area (Å²) < 4.78 is 10.8. The first-order valence-corrected chi connectivity index (χ1v) is 9.73. The number of anilines is 1. The molecule has 0 aliphatic carbocycles. The zero-order chi connectivity index (χ0) is 19.4. The summed E-state index contributed by atoms with van der Waals surface area (Å²) in [6.07, 6.45) is -0.818. The van der Waals surface area contributed by atoms with Gasteiger partial charge in [-0.25, -0.2) is 4.79 Å². The Morgan fingerprint density at radius 2 is 1.85 bits per heavy atom. The van der Waals surface area contributed by atoms with E-state index in [0.717, 1.165) is 29.2 Å². The number of ether oxygens (including phenoxy) is 2. The lowest BCUT2D eigenvalue weighted by Gasteiger charge is -2.28. The summed E-state index contributed by atoms with van der Waals surface area (Å²) in [5.41, 5.74) is 2.05. The SMILES string of the molecule is C[C@H](OC(=O)c1cc(-c2ccccc2)c(N2CCOCC2)s1)C(=O)N(C)C. The maximum absolute atomic E-state index is 12.6. The van der Waals surface area contributed by atoms with Crippen molar-refractivity contribution in [2.45, 2.75) is 13.0 Å². The Morgan fingerprint density at radius 1 is 1.19 bits per heavy atom. The molecule has 144 valence electrons. The van der Waals surface area contributed by atoms with E-state index in [9.17, 15) is 9.59 Å². The van der Waals surface area contributed by atoms with Gasteiger partial charge in [0.25, 0.3) is 5.91 Å². The average Bonchev–Trinajstić information content (AvgIpc) is 3.14. The molecule has 7 heteroatoms. The van der Waals surface area contributed by atoms with Gasteiger partial charge in [-0.1, -0.05) is 30.3 Å². The van der Waals surface area contributed by atoms with Crippen LogP contribution in [0.25, 0.3) is 11.1 Å². The molecule has 1 fully saturated rings. The number of amides is 1. The summed E-state index contributed by atoms with van der Waals surface area (Å²) >= 11 is 1.40. The number of benzene rings is 1. The number of likely N-dealkylation sites (N-methyl/N-ethyl adjacent to an activating group) is 1. The summed E-state index contributed by atoms with van der Waals surface area (Å²) in [7, 11) is 3.28. The van der Waals surface area contributed by atoms with Crippen molar-refractivity contribution < 1.29 is 19.1 Å². The summed E-state index contributed by atoms with van der Waals surface area (Å²) in [6.45, 7) is 4.49. The Balaban J connectivity index is 1.89. The van der Waals surface area contributed by atoms with Gasteiger partial charge >= 0.3 is 5.97 Å². The van der Waals surface area contributed by atoms with Gasteiger partial charge in [-0.2, -0.15) is 0 Å². The third kappa shape index (κ3) is 4.48. The topological polar surface area (TPSA) is 59.1 Å². The van der Waals surface area contributed by atoms with E-state index in [2.05, 4.69) is 4.90 Å². The van der Waals surface area contributed by atoms with Gasteiger partial charge in [0, 0.05) is 32.7 Å². The molecule has 6 nitrogen and oxygen atoms in total. The largest absolute Gasteiger partial charge is 0.448 e. The number of hydrogen-bond donors (Lipinski definition) is 0. The summed E-state index contributed by atoms with van der Waals surface area (Å²) in [5.74, 6) is -0.712. The maximum Gasteiger partial charge on any atom is 0.349 e. The van der Waals surface area contributed by atoms with E-state index in [1.165, 1.54) is 16.2 Å². The number of morpholine rings is 1. The zero-order valence-electron chi connectivity index (χ0n) is 15.8. The van der Waals surface area contributed by atoms with Gasteiger partial charge in [0.1, 0.15) is 4.88 Å². The van der Waals surface area contributed by atoms with Crippen molar-refractivity contribution in [2.75, 3.05) is 45.3 Å².